The van der Waals surface area contributed by atoms with E-state index in [1.807, 2.05) is 0 Å². The van der Waals surface area contributed by atoms with Crippen LogP contribution in [-0.2, 0) is 19.1 Å². The van der Waals surface area contributed by atoms with Crippen molar-refractivity contribution >= 4 is 11.9 Å². The van der Waals surface area contributed by atoms with Gasteiger partial charge < -0.3 is 9.47 Å². The SMILES string of the molecule is COC(=O)C1CCC2=C(CC3=C2CCC=C3)C1C(=O)OC. The Bertz CT molecular complexity index is 580. The first-order chi connectivity index (χ1) is 10.2. The predicted molar refractivity (Wildman–Crippen MR) is 77.3 cm³/mol. The quantitative estimate of drug-likeness (QED) is 0.733. The molecule has 0 aromatic carbocycles. The van der Waals surface area contributed by atoms with Crippen LogP contribution in [0.1, 0.15) is 32.1 Å². The molecule has 4 nitrogen and oxygen atoms in total. The van der Waals surface area contributed by atoms with Crippen molar-refractivity contribution in [2.24, 2.45) is 11.8 Å². The molecule has 0 amide bonds. The van der Waals surface area contributed by atoms with Crippen LogP contribution in [0, 0.1) is 11.8 Å². The molecular weight excluding hydrogens is 268 g/mol. The molecule has 0 aromatic heterocycles. The average molecular weight is 288 g/mol. The Hall–Kier alpha value is -1.84. The van der Waals surface area contributed by atoms with Crippen LogP contribution in [-0.4, -0.2) is 26.2 Å². The second kappa shape index (κ2) is 5.51. The molecule has 0 heterocycles. The Kier molecular flexibility index (Phi) is 3.70. The molecule has 0 bridgehead atoms. The number of rotatable bonds is 2. The molecule has 3 rings (SSSR count). The van der Waals surface area contributed by atoms with Crippen molar-refractivity contribution in [2.75, 3.05) is 14.2 Å². The minimum absolute atomic E-state index is 0.308. The number of hydrogen-bond acceptors (Lipinski definition) is 4. The lowest BCUT2D eigenvalue weighted by Gasteiger charge is -2.30. The number of hydrogen-bond donors (Lipinski definition) is 0. The van der Waals surface area contributed by atoms with E-state index in [4.69, 9.17) is 9.47 Å². The Labute approximate surface area is 124 Å². The summed E-state index contributed by atoms with van der Waals surface area (Å²) >= 11 is 0. The Morgan fingerprint density at radius 2 is 1.86 bits per heavy atom. The maximum absolute atomic E-state index is 12.2. The molecule has 21 heavy (non-hydrogen) atoms. The van der Waals surface area contributed by atoms with Gasteiger partial charge in [-0.15, -0.1) is 0 Å². The number of esters is 2. The summed E-state index contributed by atoms with van der Waals surface area (Å²) in [6, 6.07) is 0. The highest BCUT2D eigenvalue weighted by molar-refractivity contribution is 5.86. The molecule has 0 saturated carbocycles. The Morgan fingerprint density at radius 3 is 2.57 bits per heavy atom. The van der Waals surface area contributed by atoms with E-state index in [2.05, 4.69) is 12.2 Å². The van der Waals surface area contributed by atoms with E-state index in [0.717, 1.165) is 31.3 Å². The lowest BCUT2D eigenvalue weighted by molar-refractivity contribution is -0.156. The van der Waals surface area contributed by atoms with E-state index in [1.54, 1.807) is 0 Å². The van der Waals surface area contributed by atoms with Gasteiger partial charge in [-0.2, -0.15) is 0 Å². The lowest BCUT2D eigenvalue weighted by atomic mass is 9.74. The van der Waals surface area contributed by atoms with Crippen LogP contribution in [0.5, 0.6) is 0 Å². The Morgan fingerprint density at radius 1 is 1.10 bits per heavy atom. The van der Waals surface area contributed by atoms with Crippen molar-refractivity contribution in [3.05, 3.63) is 34.4 Å². The highest BCUT2D eigenvalue weighted by atomic mass is 16.5. The molecule has 2 atom stereocenters. The molecule has 0 fully saturated rings. The van der Waals surface area contributed by atoms with Crippen LogP contribution in [0.3, 0.4) is 0 Å². The lowest BCUT2D eigenvalue weighted by Crippen LogP contribution is -2.35. The van der Waals surface area contributed by atoms with Crippen molar-refractivity contribution in [3.8, 4) is 0 Å². The van der Waals surface area contributed by atoms with E-state index in [-0.39, 0.29) is 11.9 Å². The first kappa shape index (κ1) is 14.1. The molecule has 0 spiro atoms. The molecule has 3 aliphatic rings. The van der Waals surface area contributed by atoms with Crippen molar-refractivity contribution in [1.29, 1.82) is 0 Å². The number of fused-ring (bicyclic) bond motifs is 1. The largest absolute Gasteiger partial charge is 0.469 e. The van der Waals surface area contributed by atoms with E-state index >= 15 is 0 Å². The van der Waals surface area contributed by atoms with Gasteiger partial charge in [0.05, 0.1) is 26.1 Å². The fourth-order valence-electron chi connectivity index (χ4n) is 3.89. The van der Waals surface area contributed by atoms with Gasteiger partial charge in [-0.05, 0) is 54.4 Å². The van der Waals surface area contributed by atoms with Crippen LogP contribution in [0.4, 0.5) is 0 Å². The summed E-state index contributed by atoms with van der Waals surface area (Å²) in [4.78, 5) is 24.3. The Balaban J connectivity index is 1.98. The van der Waals surface area contributed by atoms with Gasteiger partial charge in [0.15, 0.2) is 0 Å². The number of methoxy groups -OCH3 is 2. The number of carbonyl (C=O) groups is 2. The molecule has 4 heteroatoms. The minimum atomic E-state index is -0.481. The second-order valence-corrected chi connectivity index (χ2v) is 5.79. The molecule has 2 unspecified atom stereocenters. The maximum Gasteiger partial charge on any atom is 0.313 e. The summed E-state index contributed by atoms with van der Waals surface area (Å²) in [5.74, 6) is -1.52. The standard InChI is InChI=1S/C17H20O4/c1-20-16(18)13-8-7-12-11-6-4-3-5-10(11)9-14(12)15(13)17(19)21-2/h3,5,13,15H,4,6-9H2,1-2H3. The van der Waals surface area contributed by atoms with Gasteiger partial charge in [0.2, 0.25) is 0 Å². The summed E-state index contributed by atoms with van der Waals surface area (Å²) < 4.78 is 9.84. The minimum Gasteiger partial charge on any atom is -0.469 e. The van der Waals surface area contributed by atoms with Gasteiger partial charge in [-0.25, -0.2) is 0 Å². The van der Waals surface area contributed by atoms with Crippen LogP contribution >= 0.6 is 0 Å². The summed E-state index contributed by atoms with van der Waals surface area (Å²) in [5.41, 5.74) is 5.08. The van der Waals surface area contributed by atoms with Gasteiger partial charge in [0.1, 0.15) is 0 Å². The van der Waals surface area contributed by atoms with Crippen molar-refractivity contribution < 1.29 is 19.1 Å². The van der Waals surface area contributed by atoms with Crippen molar-refractivity contribution in [2.45, 2.75) is 32.1 Å². The fourth-order valence-corrected chi connectivity index (χ4v) is 3.89. The first-order valence-electron chi connectivity index (χ1n) is 7.44. The first-order valence-corrected chi connectivity index (χ1v) is 7.44. The summed E-state index contributed by atoms with van der Waals surface area (Å²) in [5, 5.41) is 0. The van der Waals surface area contributed by atoms with Crippen LogP contribution < -0.4 is 0 Å². The average Bonchev–Trinajstić information content (AvgIpc) is 2.91. The van der Waals surface area contributed by atoms with E-state index < -0.39 is 11.8 Å². The van der Waals surface area contributed by atoms with Crippen molar-refractivity contribution in [1.82, 2.24) is 0 Å². The highest BCUT2D eigenvalue weighted by Gasteiger charge is 2.44. The van der Waals surface area contributed by atoms with Gasteiger partial charge in [-0.1, -0.05) is 12.2 Å². The van der Waals surface area contributed by atoms with Crippen LogP contribution in [0.15, 0.2) is 34.4 Å². The number of carbonyl (C=O) groups excluding carboxylic acids is 2. The van der Waals surface area contributed by atoms with E-state index in [0.29, 0.717) is 6.42 Å². The van der Waals surface area contributed by atoms with E-state index in [9.17, 15) is 9.59 Å². The van der Waals surface area contributed by atoms with Gasteiger partial charge >= 0.3 is 11.9 Å². The monoisotopic (exact) mass is 288 g/mol. The molecule has 0 radical (unpaired) electrons. The zero-order chi connectivity index (χ0) is 15.0. The molecule has 0 aliphatic heterocycles. The number of allylic oxidation sites excluding steroid dienone is 5. The molecule has 0 saturated heterocycles. The summed E-state index contributed by atoms with van der Waals surface area (Å²) in [7, 11) is 2.76. The molecule has 3 aliphatic carbocycles. The van der Waals surface area contributed by atoms with Gasteiger partial charge in [-0.3, -0.25) is 9.59 Å². The summed E-state index contributed by atoms with van der Waals surface area (Å²) in [6.45, 7) is 0. The fraction of sp³-hybridized carbons (Fsp3) is 0.529. The normalized spacial score (nSPS) is 27.3. The topological polar surface area (TPSA) is 52.6 Å². The molecule has 0 N–H and O–H groups in total. The zero-order valence-corrected chi connectivity index (χ0v) is 12.5. The molecular formula is C17H20O4. The highest BCUT2D eigenvalue weighted by Crippen LogP contribution is 2.49. The second-order valence-electron chi connectivity index (χ2n) is 5.79. The third-order valence-corrected chi connectivity index (χ3v) is 4.84. The smallest absolute Gasteiger partial charge is 0.313 e. The van der Waals surface area contributed by atoms with Crippen LogP contribution in [0.25, 0.3) is 0 Å². The molecule has 0 aromatic rings. The summed E-state index contributed by atoms with van der Waals surface area (Å²) in [6.07, 6.45) is 8.73. The van der Waals surface area contributed by atoms with Gasteiger partial charge in [0.25, 0.3) is 0 Å². The third-order valence-electron chi connectivity index (χ3n) is 4.84. The van der Waals surface area contributed by atoms with Crippen molar-refractivity contribution in [3.63, 3.8) is 0 Å². The van der Waals surface area contributed by atoms with E-state index in [1.165, 1.54) is 30.9 Å². The number of ether oxygens (including phenoxy) is 2. The molecule has 112 valence electrons. The predicted octanol–water partition coefficient (Wildman–Crippen LogP) is 2.71. The maximum atomic E-state index is 12.2. The van der Waals surface area contributed by atoms with Gasteiger partial charge in [0, 0.05) is 0 Å². The third kappa shape index (κ3) is 2.23. The van der Waals surface area contributed by atoms with Crippen LogP contribution in [0.2, 0.25) is 0 Å². The zero-order valence-electron chi connectivity index (χ0n) is 12.5.